The fourth-order valence-corrected chi connectivity index (χ4v) is 3.86. The molecule has 0 amide bonds. The van der Waals surface area contributed by atoms with Crippen molar-refractivity contribution in [2.45, 2.75) is 19.0 Å². The average Bonchev–Trinajstić information content (AvgIpc) is 3.49. The molecule has 1 atom stereocenters. The summed E-state index contributed by atoms with van der Waals surface area (Å²) in [6.45, 7) is 2.45. The SMILES string of the molecule is CN=C(NCc1ccc(-n2cncn2)cc1)NC1CCN(c2cc(Cl)ccc2OC)C1.I. The zero-order valence-corrected chi connectivity index (χ0v) is 21.1. The van der Waals surface area contributed by atoms with E-state index < -0.39 is 0 Å². The topological polar surface area (TPSA) is 79.6 Å². The number of aromatic nitrogens is 3. The molecule has 2 heterocycles. The van der Waals surface area contributed by atoms with Crippen molar-refractivity contribution in [3.8, 4) is 11.4 Å². The largest absolute Gasteiger partial charge is 0.495 e. The van der Waals surface area contributed by atoms with Crippen molar-refractivity contribution in [3.05, 3.63) is 65.7 Å². The van der Waals surface area contributed by atoms with Gasteiger partial charge in [0.25, 0.3) is 0 Å². The van der Waals surface area contributed by atoms with Gasteiger partial charge in [-0.3, -0.25) is 4.99 Å². The molecule has 1 aliphatic heterocycles. The summed E-state index contributed by atoms with van der Waals surface area (Å²) in [4.78, 5) is 10.6. The lowest BCUT2D eigenvalue weighted by molar-refractivity contribution is 0.415. The fourth-order valence-electron chi connectivity index (χ4n) is 3.69. The summed E-state index contributed by atoms with van der Waals surface area (Å²) in [6.07, 6.45) is 4.21. The number of rotatable bonds is 6. The minimum absolute atomic E-state index is 0. The standard InChI is InChI=1S/C22H26ClN7O.HI/c1-24-22(26-12-16-3-6-19(7-4-16)30-15-25-14-27-30)28-18-9-10-29(13-18)20-11-17(23)5-8-21(20)31-2;/h3-8,11,14-15,18H,9-10,12-13H2,1-2H3,(H2,24,26,28);1H. The van der Waals surface area contributed by atoms with E-state index in [2.05, 4.69) is 42.7 Å². The van der Waals surface area contributed by atoms with E-state index in [-0.39, 0.29) is 30.0 Å². The molecule has 4 rings (SSSR count). The van der Waals surface area contributed by atoms with Crippen LogP contribution >= 0.6 is 35.6 Å². The minimum Gasteiger partial charge on any atom is -0.495 e. The number of methoxy groups -OCH3 is 1. The predicted molar refractivity (Wildman–Crippen MR) is 139 cm³/mol. The number of nitrogens with zero attached hydrogens (tertiary/aromatic N) is 5. The lowest BCUT2D eigenvalue weighted by Crippen LogP contribution is -2.44. The molecule has 1 saturated heterocycles. The highest BCUT2D eigenvalue weighted by atomic mass is 127. The highest BCUT2D eigenvalue weighted by Gasteiger charge is 2.25. The van der Waals surface area contributed by atoms with Crippen LogP contribution in [-0.2, 0) is 6.54 Å². The second-order valence-corrected chi connectivity index (χ2v) is 7.76. The van der Waals surface area contributed by atoms with Crippen molar-refractivity contribution in [1.82, 2.24) is 25.4 Å². The molecule has 0 radical (unpaired) electrons. The van der Waals surface area contributed by atoms with Gasteiger partial charge >= 0.3 is 0 Å². The third kappa shape index (κ3) is 5.83. The second kappa shape index (κ2) is 11.4. The van der Waals surface area contributed by atoms with Crippen molar-refractivity contribution in [2.75, 3.05) is 32.1 Å². The van der Waals surface area contributed by atoms with E-state index in [1.54, 1.807) is 25.2 Å². The van der Waals surface area contributed by atoms with E-state index in [0.29, 0.717) is 11.6 Å². The maximum Gasteiger partial charge on any atom is 0.191 e. The van der Waals surface area contributed by atoms with Gasteiger partial charge in [-0.15, -0.1) is 24.0 Å². The van der Waals surface area contributed by atoms with E-state index in [4.69, 9.17) is 16.3 Å². The molecule has 1 unspecified atom stereocenters. The van der Waals surface area contributed by atoms with Gasteiger partial charge in [-0.2, -0.15) is 5.10 Å². The third-order valence-electron chi connectivity index (χ3n) is 5.31. The number of hydrogen-bond donors (Lipinski definition) is 2. The van der Waals surface area contributed by atoms with Gasteiger partial charge in [0, 0.05) is 37.7 Å². The van der Waals surface area contributed by atoms with Gasteiger partial charge in [-0.05, 0) is 42.3 Å². The summed E-state index contributed by atoms with van der Waals surface area (Å²) in [5, 5.41) is 11.8. The van der Waals surface area contributed by atoms with Gasteiger partial charge in [0.15, 0.2) is 5.96 Å². The Labute approximate surface area is 210 Å². The number of halogens is 2. The van der Waals surface area contributed by atoms with Gasteiger partial charge < -0.3 is 20.3 Å². The summed E-state index contributed by atoms with van der Waals surface area (Å²) in [5.74, 6) is 1.62. The van der Waals surface area contributed by atoms with Gasteiger partial charge in [-0.1, -0.05) is 23.7 Å². The molecular formula is C22H27ClIN7O. The number of hydrogen-bond acceptors (Lipinski definition) is 5. The molecule has 1 aliphatic rings. The molecule has 170 valence electrons. The molecule has 1 fully saturated rings. The Bertz CT molecular complexity index is 1030. The molecule has 2 aromatic carbocycles. The highest BCUT2D eigenvalue weighted by Crippen LogP contribution is 2.33. The Morgan fingerprint density at radius 2 is 2.06 bits per heavy atom. The van der Waals surface area contributed by atoms with Gasteiger partial charge in [0.1, 0.15) is 18.4 Å². The lowest BCUT2D eigenvalue weighted by Gasteiger charge is -2.22. The molecule has 3 aromatic rings. The summed E-state index contributed by atoms with van der Waals surface area (Å²) in [7, 11) is 3.47. The van der Waals surface area contributed by atoms with Crippen LogP contribution in [-0.4, -0.2) is 54.0 Å². The van der Waals surface area contributed by atoms with Gasteiger partial charge in [-0.25, -0.2) is 9.67 Å². The van der Waals surface area contributed by atoms with Crippen LogP contribution in [0.25, 0.3) is 5.69 Å². The maximum absolute atomic E-state index is 6.20. The first-order chi connectivity index (χ1) is 15.2. The van der Waals surface area contributed by atoms with Crippen molar-refractivity contribution in [3.63, 3.8) is 0 Å². The number of nitrogens with one attached hydrogen (secondary N) is 2. The fraction of sp³-hybridized carbons (Fsp3) is 0.318. The maximum atomic E-state index is 6.20. The van der Waals surface area contributed by atoms with Gasteiger partial charge in [0.2, 0.25) is 0 Å². The molecule has 2 N–H and O–H groups in total. The molecule has 0 saturated carbocycles. The van der Waals surface area contributed by atoms with Crippen molar-refractivity contribution in [2.24, 2.45) is 4.99 Å². The molecule has 0 aliphatic carbocycles. The van der Waals surface area contributed by atoms with E-state index in [1.165, 1.54) is 6.33 Å². The molecule has 8 nitrogen and oxygen atoms in total. The number of ether oxygens (including phenoxy) is 1. The van der Waals surface area contributed by atoms with E-state index in [9.17, 15) is 0 Å². The smallest absolute Gasteiger partial charge is 0.191 e. The summed E-state index contributed by atoms with van der Waals surface area (Å²) in [5.41, 5.74) is 3.16. The first-order valence-corrected chi connectivity index (χ1v) is 10.5. The third-order valence-corrected chi connectivity index (χ3v) is 5.55. The number of anilines is 1. The molecular weight excluding hydrogens is 541 g/mol. The molecule has 10 heteroatoms. The number of benzene rings is 2. The average molecular weight is 568 g/mol. The Morgan fingerprint density at radius 3 is 2.75 bits per heavy atom. The van der Waals surface area contributed by atoms with E-state index in [1.807, 2.05) is 30.3 Å². The Morgan fingerprint density at radius 1 is 1.25 bits per heavy atom. The van der Waals surface area contributed by atoms with E-state index in [0.717, 1.165) is 48.2 Å². The predicted octanol–water partition coefficient (Wildman–Crippen LogP) is 3.49. The zero-order valence-electron chi connectivity index (χ0n) is 18.0. The molecule has 1 aromatic heterocycles. The van der Waals surface area contributed by atoms with Gasteiger partial charge in [0.05, 0.1) is 18.5 Å². The quantitative estimate of drug-likeness (QED) is 0.270. The lowest BCUT2D eigenvalue weighted by atomic mass is 10.2. The van der Waals surface area contributed by atoms with Crippen LogP contribution in [0.5, 0.6) is 5.75 Å². The van der Waals surface area contributed by atoms with Crippen molar-refractivity contribution < 1.29 is 4.74 Å². The Kier molecular flexibility index (Phi) is 8.57. The molecule has 0 spiro atoms. The first kappa shape index (κ1) is 24.1. The van der Waals surface area contributed by atoms with Crippen LogP contribution in [0.15, 0.2) is 60.1 Å². The van der Waals surface area contributed by atoms with Crippen LogP contribution < -0.4 is 20.3 Å². The van der Waals surface area contributed by atoms with Crippen molar-refractivity contribution >= 4 is 47.2 Å². The van der Waals surface area contributed by atoms with Crippen LogP contribution in [0.3, 0.4) is 0 Å². The van der Waals surface area contributed by atoms with Crippen molar-refractivity contribution in [1.29, 1.82) is 0 Å². The molecule has 0 bridgehead atoms. The van der Waals surface area contributed by atoms with Crippen LogP contribution in [0.1, 0.15) is 12.0 Å². The normalized spacial score (nSPS) is 15.9. The van der Waals surface area contributed by atoms with E-state index >= 15 is 0 Å². The number of aliphatic imine (C=N–C) groups is 1. The zero-order chi connectivity index (χ0) is 21.6. The first-order valence-electron chi connectivity index (χ1n) is 10.2. The number of guanidine groups is 1. The Balaban J connectivity index is 0.00000289. The second-order valence-electron chi connectivity index (χ2n) is 7.32. The summed E-state index contributed by atoms with van der Waals surface area (Å²) in [6, 6.07) is 14.2. The minimum atomic E-state index is 0. The highest BCUT2D eigenvalue weighted by molar-refractivity contribution is 14.0. The monoisotopic (exact) mass is 567 g/mol. The van der Waals surface area contributed by atoms with Crippen LogP contribution in [0.2, 0.25) is 5.02 Å². The van der Waals surface area contributed by atoms with Crippen LogP contribution in [0.4, 0.5) is 5.69 Å². The van der Waals surface area contributed by atoms with Crippen LogP contribution in [0, 0.1) is 0 Å². The molecule has 32 heavy (non-hydrogen) atoms. The summed E-state index contributed by atoms with van der Waals surface area (Å²) >= 11 is 6.20. The Hall–Kier alpha value is -2.53. The summed E-state index contributed by atoms with van der Waals surface area (Å²) < 4.78 is 7.24.